The van der Waals surface area contributed by atoms with Crippen LogP contribution in [0.25, 0.3) is 0 Å². The van der Waals surface area contributed by atoms with Crippen molar-refractivity contribution >= 4 is 0 Å². The average Bonchev–Trinajstić information content (AvgIpc) is 2.37. The van der Waals surface area contributed by atoms with Gasteiger partial charge in [0.05, 0.1) is 22.6 Å². The van der Waals surface area contributed by atoms with Crippen molar-refractivity contribution in [3.8, 4) is 0 Å². The maximum atomic E-state index is 4.10. The molecule has 0 aromatic heterocycles. The van der Waals surface area contributed by atoms with Gasteiger partial charge in [-0.05, 0) is 33.4 Å². The Morgan fingerprint density at radius 2 is 2.06 bits per heavy atom. The molecule has 0 N–H and O–H groups in total. The van der Waals surface area contributed by atoms with Crippen LogP contribution in [0.3, 0.4) is 0 Å². The van der Waals surface area contributed by atoms with Crippen LogP contribution in [-0.4, -0.2) is 25.0 Å². The van der Waals surface area contributed by atoms with Gasteiger partial charge in [0, 0.05) is 31.0 Å². The second-order valence-corrected chi connectivity index (χ2v) is 5.92. The van der Waals surface area contributed by atoms with Crippen LogP contribution in [0.5, 0.6) is 0 Å². The van der Waals surface area contributed by atoms with Gasteiger partial charge in [-0.1, -0.05) is 13.5 Å². The number of allylic oxidation sites excluding steroid dienone is 4. The topological polar surface area (TPSA) is 3.24 Å². The van der Waals surface area contributed by atoms with Gasteiger partial charge in [0.15, 0.2) is 0 Å². The van der Waals surface area contributed by atoms with Gasteiger partial charge in [0.1, 0.15) is 0 Å². The van der Waals surface area contributed by atoms with Gasteiger partial charge in [0.25, 0.3) is 0 Å². The fraction of sp³-hybridized carbons (Fsp3) is 0.562. The normalized spacial score (nSPS) is 29.7. The molecule has 0 saturated heterocycles. The van der Waals surface area contributed by atoms with E-state index in [9.17, 15) is 0 Å². The van der Waals surface area contributed by atoms with Gasteiger partial charge in [-0.25, -0.2) is 0 Å². The van der Waals surface area contributed by atoms with Crippen molar-refractivity contribution in [3.63, 3.8) is 0 Å². The summed E-state index contributed by atoms with van der Waals surface area (Å²) >= 11 is 0. The summed E-state index contributed by atoms with van der Waals surface area (Å²) in [5.74, 6) is 2.35. The first-order valence-electron chi connectivity index (χ1n) is 6.58. The molecule has 0 spiro atoms. The second-order valence-electron chi connectivity index (χ2n) is 5.92. The molecule has 1 saturated carbocycles. The highest BCUT2D eigenvalue weighted by atomic mass is 15.1. The van der Waals surface area contributed by atoms with Crippen LogP contribution in [0.4, 0.5) is 0 Å². The summed E-state index contributed by atoms with van der Waals surface area (Å²) in [6, 6.07) is 0.674. The zero-order valence-corrected chi connectivity index (χ0v) is 11.6. The summed E-state index contributed by atoms with van der Waals surface area (Å²) in [5.41, 5.74) is 4.12. The minimum absolute atomic E-state index is 0.674. The number of fused-ring (bicyclic) bond motifs is 1. The van der Waals surface area contributed by atoms with Crippen molar-refractivity contribution in [2.75, 3.05) is 14.1 Å². The molecule has 0 aromatic rings. The Labute approximate surface area is 106 Å². The van der Waals surface area contributed by atoms with Crippen LogP contribution >= 0.6 is 0 Å². The van der Waals surface area contributed by atoms with E-state index in [4.69, 9.17) is 0 Å². The Balaban J connectivity index is 2.27. The lowest BCUT2D eigenvalue weighted by atomic mass is 9.81. The van der Waals surface area contributed by atoms with E-state index in [-0.39, 0.29) is 0 Å². The molecule has 0 bridgehead atoms. The van der Waals surface area contributed by atoms with Gasteiger partial charge in [-0.2, -0.15) is 0 Å². The highest BCUT2D eigenvalue weighted by Crippen LogP contribution is 2.41. The summed E-state index contributed by atoms with van der Waals surface area (Å²) < 4.78 is 0. The van der Waals surface area contributed by atoms with E-state index in [2.05, 4.69) is 51.6 Å². The molecule has 1 nitrogen and oxygen atoms in total. The average molecular weight is 230 g/mol. The molecule has 17 heavy (non-hydrogen) atoms. The van der Waals surface area contributed by atoms with Crippen LogP contribution in [0.1, 0.15) is 33.1 Å². The van der Waals surface area contributed by atoms with E-state index >= 15 is 0 Å². The van der Waals surface area contributed by atoms with Crippen molar-refractivity contribution in [3.05, 3.63) is 41.4 Å². The third-order valence-corrected chi connectivity index (χ3v) is 4.04. The molecule has 0 radical (unpaired) electrons. The standard InChI is InChI=1S/C16H24N/c1-11-6-13(3)16-9-12(2)8-15(17(4)5)10-14(16)7-11/h6-7,12,15H,1,8-10H2,2-5H3/q+1/t12-,15?/m0/s1. The van der Waals surface area contributed by atoms with Gasteiger partial charge in [0.2, 0.25) is 0 Å². The summed E-state index contributed by atoms with van der Waals surface area (Å²) in [5, 5.41) is 0. The molecule has 1 fully saturated rings. The predicted molar refractivity (Wildman–Crippen MR) is 74.7 cm³/mol. The summed E-state index contributed by atoms with van der Waals surface area (Å²) in [7, 11) is 4.40. The SMILES string of the molecule is C=C1C=C(C)[C+]2C[C@@H](C)CC(N(C)C)CC2=C1. The highest BCUT2D eigenvalue weighted by molar-refractivity contribution is 5.53. The number of nitrogens with zero attached hydrogens (tertiary/aromatic N) is 1. The van der Waals surface area contributed by atoms with E-state index in [0.29, 0.717) is 6.04 Å². The molecule has 92 valence electrons. The molecule has 2 rings (SSSR count). The van der Waals surface area contributed by atoms with Crippen LogP contribution in [0, 0.1) is 11.8 Å². The van der Waals surface area contributed by atoms with Crippen molar-refractivity contribution in [1.82, 2.24) is 4.90 Å². The first kappa shape index (κ1) is 12.5. The number of hydrogen-bond acceptors (Lipinski definition) is 1. The zero-order valence-electron chi connectivity index (χ0n) is 11.6. The van der Waals surface area contributed by atoms with Crippen LogP contribution in [0.2, 0.25) is 0 Å². The second kappa shape index (κ2) is 4.73. The van der Waals surface area contributed by atoms with Gasteiger partial charge in [-0.15, -0.1) is 0 Å². The zero-order chi connectivity index (χ0) is 12.6. The smallest absolute Gasteiger partial charge is 0.0772 e. The lowest BCUT2D eigenvalue weighted by Crippen LogP contribution is -2.29. The van der Waals surface area contributed by atoms with Crippen molar-refractivity contribution < 1.29 is 0 Å². The molecule has 1 heteroatoms. The molecule has 0 aromatic carbocycles. The van der Waals surface area contributed by atoms with Crippen LogP contribution in [-0.2, 0) is 0 Å². The first-order valence-corrected chi connectivity index (χ1v) is 6.58. The quantitative estimate of drug-likeness (QED) is 0.620. The molecule has 0 heterocycles. The largest absolute Gasteiger partial charge is 0.306 e. The highest BCUT2D eigenvalue weighted by Gasteiger charge is 2.35. The number of hydrogen-bond donors (Lipinski definition) is 0. The third kappa shape index (κ3) is 2.66. The maximum Gasteiger partial charge on any atom is 0.0772 e. The Morgan fingerprint density at radius 3 is 2.71 bits per heavy atom. The lowest BCUT2D eigenvalue weighted by molar-refractivity contribution is 0.256. The fourth-order valence-corrected chi connectivity index (χ4v) is 3.07. The summed E-state index contributed by atoms with van der Waals surface area (Å²) in [6.45, 7) is 8.71. The molecule has 2 aliphatic carbocycles. The fourth-order valence-electron chi connectivity index (χ4n) is 3.07. The van der Waals surface area contributed by atoms with Gasteiger partial charge in [-0.3, -0.25) is 0 Å². The third-order valence-electron chi connectivity index (χ3n) is 4.04. The Morgan fingerprint density at radius 1 is 1.35 bits per heavy atom. The Hall–Kier alpha value is -0.950. The first-order chi connectivity index (χ1) is 7.97. The van der Waals surface area contributed by atoms with E-state index < -0.39 is 0 Å². The lowest BCUT2D eigenvalue weighted by Gasteiger charge is -2.24. The van der Waals surface area contributed by atoms with Crippen LogP contribution < -0.4 is 0 Å². The molecule has 2 aliphatic rings. The van der Waals surface area contributed by atoms with Crippen molar-refractivity contribution in [2.45, 2.75) is 39.2 Å². The summed E-state index contributed by atoms with van der Waals surface area (Å²) in [4.78, 5) is 2.37. The van der Waals surface area contributed by atoms with E-state index in [1.807, 2.05) is 0 Å². The Kier molecular flexibility index (Phi) is 3.48. The molecule has 0 aliphatic heterocycles. The van der Waals surface area contributed by atoms with E-state index in [1.54, 1.807) is 5.92 Å². The number of rotatable bonds is 1. The summed E-state index contributed by atoms with van der Waals surface area (Å²) in [6.07, 6.45) is 8.22. The molecule has 0 amide bonds. The molecule has 1 unspecified atom stereocenters. The monoisotopic (exact) mass is 230 g/mol. The minimum Gasteiger partial charge on any atom is -0.306 e. The van der Waals surface area contributed by atoms with E-state index in [0.717, 1.165) is 11.5 Å². The van der Waals surface area contributed by atoms with Crippen molar-refractivity contribution in [2.24, 2.45) is 5.92 Å². The molecular weight excluding hydrogens is 206 g/mol. The molecule has 2 atom stereocenters. The van der Waals surface area contributed by atoms with Gasteiger partial charge < -0.3 is 4.90 Å². The molecular formula is C16H24N+. The van der Waals surface area contributed by atoms with Crippen molar-refractivity contribution in [1.29, 1.82) is 0 Å². The predicted octanol–water partition coefficient (Wildman–Crippen LogP) is 3.75. The van der Waals surface area contributed by atoms with E-state index in [1.165, 1.54) is 30.4 Å². The maximum absolute atomic E-state index is 4.10. The van der Waals surface area contributed by atoms with Gasteiger partial charge >= 0.3 is 0 Å². The Bertz CT molecular complexity index is 373. The minimum atomic E-state index is 0.674. The van der Waals surface area contributed by atoms with Crippen LogP contribution in [0.15, 0.2) is 35.5 Å².